The fourth-order valence-corrected chi connectivity index (χ4v) is 2.27. The summed E-state index contributed by atoms with van der Waals surface area (Å²) in [5.74, 6) is 0.700. The molecule has 1 heterocycles. The van der Waals surface area contributed by atoms with Gasteiger partial charge in [-0.25, -0.2) is 0 Å². The lowest BCUT2D eigenvalue weighted by Gasteiger charge is -2.14. The summed E-state index contributed by atoms with van der Waals surface area (Å²) >= 11 is 11.8. The van der Waals surface area contributed by atoms with E-state index in [2.05, 4.69) is 5.32 Å². The Labute approximate surface area is 115 Å². The molecule has 2 aromatic rings. The first-order valence-electron chi connectivity index (χ1n) is 5.51. The van der Waals surface area contributed by atoms with Crippen molar-refractivity contribution in [2.45, 2.75) is 12.6 Å². The third kappa shape index (κ3) is 3.50. The van der Waals surface area contributed by atoms with Crippen molar-refractivity contribution in [1.29, 1.82) is 0 Å². The molecule has 1 unspecified atom stereocenters. The molecule has 0 amide bonds. The van der Waals surface area contributed by atoms with Crippen LogP contribution < -0.4 is 5.32 Å². The summed E-state index contributed by atoms with van der Waals surface area (Å²) in [5, 5.41) is 13.7. The van der Waals surface area contributed by atoms with Crippen LogP contribution in [0.2, 0.25) is 10.0 Å². The molecular formula is C13H13Cl2NO2. The quantitative estimate of drug-likeness (QED) is 0.885. The van der Waals surface area contributed by atoms with Crippen LogP contribution in [0.3, 0.4) is 0 Å². The maximum Gasteiger partial charge on any atom is 0.123 e. The second-order valence-corrected chi connectivity index (χ2v) is 4.78. The molecule has 0 aliphatic carbocycles. The summed E-state index contributed by atoms with van der Waals surface area (Å²) in [6, 6.07) is 8.71. The van der Waals surface area contributed by atoms with E-state index in [0.717, 1.165) is 5.56 Å². The first-order chi connectivity index (χ1) is 8.69. The number of halogens is 2. The lowest BCUT2D eigenvalue weighted by atomic mass is 10.2. The molecule has 96 valence electrons. The largest absolute Gasteiger partial charge is 0.468 e. The van der Waals surface area contributed by atoms with Crippen molar-refractivity contribution in [2.75, 3.05) is 6.61 Å². The zero-order valence-corrected chi connectivity index (χ0v) is 11.1. The first kappa shape index (κ1) is 13.4. The highest BCUT2D eigenvalue weighted by Crippen LogP contribution is 2.20. The van der Waals surface area contributed by atoms with Gasteiger partial charge >= 0.3 is 0 Å². The number of benzene rings is 1. The van der Waals surface area contributed by atoms with Crippen LogP contribution in [0.15, 0.2) is 41.0 Å². The number of furan rings is 1. The van der Waals surface area contributed by atoms with Gasteiger partial charge in [-0.3, -0.25) is 0 Å². The molecule has 0 spiro atoms. The summed E-state index contributed by atoms with van der Waals surface area (Å²) in [6.07, 6.45) is 1.58. The molecule has 1 aromatic heterocycles. The van der Waals surface area contributed by atoms with E-state index < -0.39 is 0 Å². The number of hydrogen-bond acceptors (Lipinski definition) is 3. The van der Waals surface area contributed by atoms with Gasteiger partial charge in [0.2, 0.25) is 0 Å². The molecule has 2 rings (SSSR count). The van der Waals surface area contributed by atoms with Crippen molar-refractivity contribution in [3.63, 3.8) is 0 Å². The third-order valence-corrected chi connectivity index (χ3v) is 2.98. The molecule has 1 aromatic carbocycles. The molecule has 0 saturated heterocycles. The Morgan fingerprint density at radius 1 is 1.22 bits per heavy atom. The zero-order valence-electron chi connectivity index (χ0n) is 9.57. The predicted octanol–water partition coefficient (Wildman–Crippen LogP) is 3.41. The van der Waals surface area contributed by atoms with Crippen molar-refractivity contribution in [1.82, 2.24) is 5.32 Å². The summed E-state index contributed by atoms with van der Waals surface area (Å²) in [4.78, 5) is 0. The van der Waals surface area contributed by atoms with Gasteiger partial charge in [-0.2, -0.15) is 0 Å². The van der Waals surface area contributed by atoms with Gasteiger partial charge < -0.3 is 14.8 Å². The van der Waals surface area contributed by atoms with Gasteiger partial charge in [0, 0.05) is 16.6 Å². The standard InChI is InChI=1S/C13H13Cl2NO2/c14-10-4-9(5-11(15)6-10)7-16-12(8-17)13-2-1-3-18-13/h1-6,12,16-17H,7-8H2. The van der Waals surface area contributed by atoms with Crippen LogP contribution in [0.25, 0.3) is 0 Å². The minimum Gasteiger partial charge on any atom is -0.468 e. The molecule has 0 radical (unpaired) electrons. The number of rotatable bonds is 5. The molecule has 2 N–H and O–H groups in total. The average molecular weight is 286 g/mol. The highest BCUT2D eigenvalue weighted by Gasteiger charge is 2.12. The van der Waals surface area contributed by atoms with Gasteiger partial charge in [-0.1, -0.05) is 23.2 Å². The van der Waals surface area contributed by atoms with E-state index in [1.807, 2.05) is 18.2 Å². The zero-order chi connectivity index (χ0) is 13.0. The highest BCUT2D eigenvalue weighted by molar-refractivity contribution is 6.34. The first-order valence-corrected chi connectivity index (χ1v) is 6.27. The monoisotopic (exact) mass is 285 g/mol. The van der Waals surface area contributed by atoms with Crippen LogP contribution in [0.4, 0.5) is 0 Å². The van der Waals surface area contributed by atoms with Gasteiger partial charge in [-0.05, 0) is 35.9 Å². The molecule has 0 fully saturated rings. The predicted molar refractivity (Wildman–Crippen MR) is 71.8 cm³/mol. The molecule has 0 saturated carbocycles. The normalized spacial score (nSPS) is 12.6. The van der Waals surface area contributed by atoms with E-state index in [0.29, 0.717) is 22.4 Å². The van der Waals surface area contributed by atoms with E-state index in [1.54, 1.807) is 18.4 Å². The van der Waals surface area contributed by atoms with Crippen LogP contribution >= 0.6 is 23.2 Å². The van der Waals surface area contributed by atoms with Gasteiger partial charge in [0.25, 0.3) is 0 Å². The SMILES string of the molecule is OCC(NCc1cc(Cl)cc(Cl)c1)c1ccco1. The van der Waals surface area contributed by atoms with Crippen molar-refractivity contribution in [3.05, 3.63) is 58.0 Å². The van der Waals surface area contributed by atoms with Gasteiger partial charge in [0.15, 0.2) is 0 Å². The molecule has 0 aliphatic rings. The second kappa shape index (κ2) is 6.25. The molecule has 1 atom stereocenters. The molecule has 0 bridgehead atoms. The summed E-state index contributed by atoms with van der Waals surface area (Å²) in [7, 11) is 0. The lowest BCUT2D eigenvalue weighted by Crippen LogP contribution is -2.23. The Bertz CT molecular complexity index is 479. The summed E-state index contributed by atoms with van der Waals surface area (Å²) < 4.78 is 5.25. The van der Waals surface area contributed by atoms with Crippen LogP contribution in [0, 0.1) is 0 Å². The van der Waals surface area contributed by atoms with Crippen molar-refractivity contribution >= 4 is 23.2 Å². The van der Waals surface area contributed by atoms with E-state index in [4.69, 9.17) is 27.6 Å². The van der Waals surface area contributed by atoms with Crippen molar-refractivity contribution in [3.8, 4) is 0 Å². The number of aliphatic hydroxyl groups is 1. The lowest BCUT2D eigenvalue weighted by molar-refractivity contribution is 0.225. The average Bonchev–Trinajstić information content (AvgIpc) is 2.82. The van der Waals surface area contributed by atoms with Crippen molar-refractivity contribution in [2.24, 2.45) is 0 Å². The minimum atomic E-state index is -0.238. The van der Waals surface area contributed by atoms with Crippen LogP contribution in [0.1, 0.15) is 17.4 Å². The Kier molecular flexibility index (Phi) is 4.66. The van der Waals surface area contributed by atoms with Crippen LogP contribution in [0.5, 0.6) is 0 Å². The minimum absolute atomic E-state index is 0.0399. The summed E-state index contributed by atoms with van der Waals surface area (Å²) in [6.45, 7) is 0.508. The number of aliphatic hydroxyl groups excluding tert-OH is 1. The van der Waals surface area contributed by atoms with Crippen molar-refractivity contribution < 1.29 is 9.52 Å². The number of nitrogens with one attached hydrogen (secondary N) is 1. The fraction of sp³-hybridized carbons (Fsp3) is 0.231. The second-order valence-electron chi connectivity index (χ2n) is 3.91. The van der Waals surface area contributed by atoms with E-state index in [1.165, 1.54) is 0 Å². The van der Waals surface area contributed by atoms with Gasteiger partial charge in [0.1, 0.15) is 5.76 Å². The van der Waals surface area contributed by atoms with Gasteiger partial charge in [0.05, 0.1) is 18.9 Å². The Morgan fingerprint density at radius 2 is 1.94 bits per heavy atom. The fourth-order valence-electron chi connectivity index (χ4n) is 1.70. The Morgan fingerprint density at radius 3 is 2.50 bits per heavy atom. The maximum absolute atomic E-state index is 9.31. The van der Waals surface area contributed by atoms with Gasteiger partial charge in [-0.15, -0.1) is 0 Å². The molecule has 0 aliphatic heterocycles. The van der Waals surface area contributed by atoms with E-state index in [-0.39, 0.29) is 12.6 Å². The van der Waals surface area contributed by atoms with Crippen LogP contribution in [-0.4, -0.2) is 11.7 Å². The van der Waals surface area contributed by atoms with Crippen LogP contribution in [-0.2, 0) is 6.54 Å². The van der Waals surface area contributed by atoms with E-state index in [9.17, 15) is 5.11 Å². The molecule has 3 nitrogen and oxygen atoms in total. The highest BCUT2D eigenvalue weighted by atomic mass is 35.5. The molecular weight excluding hydrogens is 273 g/mol. The Hall–Kier alpha value is -1.00. The smallest absolute Gasteiger partial charge is 0.123 e. The maximum atomic E-state index is 9.31. The van der Waals surface area contributed by atoms with E-state index >= 15 is 0 Å². The Balaban J connectivity index is 2.01. The summed E-state index contributed by atoms with van der Waals surface area (Å²) in [5.41, 5.74) is 0.956. The third-order valence-electron chi connectivity index (χ3n) is 2.54. The number of hydrogen-bond donors (Lipinski definition) is 2. The molecule has 18 heavy (non-hydrogen) atoms. The molecule has 5 heteroatoms. The topological polar surface area (TPSA) is 45.4 Å².